The van der Waals surface area contributed by atoms with Crippen LogP contribution >= 0.6 is 0 Å². The van der Waals surface area contributed by atoms with Gasteiger partial charge in [0.25, 0.3) is 0 Å². The van der Waals surface area contributed by atoms with Crippen LogP contribution < -0.4 is 5.32 Å². The van der Waals surface area contributed by atoms with E-state index < -0.39 is 0 Å². The van der Waals surface area contributed by atoms with E-state index in [0.717, 1.165) is 31.3 Å². The summed E-state index contributed by atoms with van der Waals surface area (Å²) in [4.78, 5) is 23.7. The molecule has 0 radical (unpaired) electrons. The van der Waals surface area contributed by atoms with Gasteiger partial charge in [0, 0.05) is 11.8 Å². The number of carbonyl (C=O) groups excluding carboxylic acids is 2. The molecule has 1 N–H and O–H groups in total. The van der Waals surface area contributed by atoms with Crippen LogP contribution in [0.25, 0.3) is 0 Å². The van der Waals surface area contributed by atoms with Crippen LogP contribution in [0.1, 0.15) is 56.3 Å². The molecule has 0 aromatic heterocycles. The summed E-state index contributed by atoms with van der Waals surface area (Å²) in [5.41, 5.74) is 2.12. The summed E-state index contributed by atoms with van der Waals surface area (Å²) in [5.74, 6) is -0.452. The summed E-state index contributed by atoms with van der Waals surface area (Å²) in [6.45, 7) is 3.73. The van der Waals surface area contributed by atoms with Crippen LogP contribution in [0.2, 0.25) is 0 Å². The van der Waals surface area contributed by atoms with E-state index >= 15 is 0 Å². The third-order valence-corrected chi connectivity index (χ3v) is 3.63. The third-order valence-electron chi connectivity index (χ3n) is 3.63. The predicted molar refractivity (Wildman–Crippen MR) is 86.8 cm³/mol. The molecular weight excluding hydrogens is 278 g/mol. The van der Waals surface area contributed by atoms with Gasteiger partial charge in [-0.05, 0) is 63.8 Å². The monoisotopic (exact) mass is 301 g/mol. The summed E-state index contributed by atoms with van der Waals surface area (Å²) >= 11 is 0. The Morgan fingerprint density at radius 3 is 2.32 bits per heavy atom. The van der Waals surface area contributed by atoms with Gasteiger partial charge >= 0.3 is 5.97 Å². The molecule has 1 amide bonds. The van der Waals surface area contributed by atoms with E-state index in [4.69, 9.17) is 4.74 Å². The zero-order valence-electron chi connectivity index (χ0n) is 13.2. The number of carbonyl (C=O) groups is 2. The van der Waals surface area contributed by atoms with Gasteiger partial charge in [-0.3, -0.25) is 4.79 Å². The van der Waals surface area contributed by atoms with Crippen molar-refractivity contribution in [1.29, 1.82) is 0 Å². The summed E-state index contributed by atoms with van der Waals surface area (Å²) in [5, 5.41) is 2.75. The van der Waals surface area contributed by atoms with Gasteiger partial charge in [0.15, 0.2) is 0 Å². The first-order valence-electron chi connectivity index (χ1n) is 7.81. The number of allylic oxidation sites excluding steroid dienone is 1. The maximum absolute atomic E-state index is 12.1. The van der Waals surface area contributed by atoms with E-state index in [0.29, 0.717) is 11.3 Å². The van der Waals surface area contributed by atoms with Gasteiger partial charge in [-0.2, -0.15) is 0 Å². The Hall–Kier alpha value is -2.10. The summed E-state index contributed by atoms with van der Waals surface area (Å²) in [6.07, 6.45) is 7.00. The van der Waals surface area contributed by atoms with Gasteiger partial charge in [-0.15, -0.1) is 0 Å². The highest BCUT2D eigenvalue weighted by molar-refractivity contribution is 6.00. The molecule has 1 aromatic carbocycles. The number of ether oxygens (including phenoxy) is 1. The van der Waals surface area contributed by atoms with Crippen molar-refractivity contribution in [3.05, 3.63) is 41.5 Å². The van der Waals surface area contributed by atoms with Gasteiger partial charge in [-0.25, -0.2) is 4.79 Å². The Morgan fingerprint density at radius 2 is 1.73 bits per heavy atom. The second kappa shape index (κ2) is 7.78. The van der Waals surface area contributed by atoms with Gasteiger partial charge in [-0.1, -0.05) is 12.0 Å². The van der Waals surface area contributed by atoms with Crippen LogP contribution in [0.5, 0.6) is 0 Å². The number of benzene rings is 1. The fraction of sp³-hybridized carbons (Fsp3) is 0.444. The molecule has 1 aromatic rings. The summed E-state index contributed by atoms with van der Waals surface area (Å²) in [6, 6.07) is 6.80. The average molecular weight is 301 g/mol. The van der Waals surface area contributed by atoms with Crippen LogP contribution in [-0.4, -0.2) is 18.0 Å². The number of nitrogens with one attached hydrogen (secondary N) is 1. The Morgan fingerprint density at radius 1 is 1.09 bits per heavy atom. The zero-order valence-corrected chi connectivity index (χ0v) is 13.2. The molecule has 0 aliphatic heterocycles. The largest absolute Gasteiger partial charge is 0.459 e. The Bertz CT molecular complexity index is 550. The number of esters is 1. The van der Waals surface area contributed by atoms with Crippen molar-refractivity contribution < 1.29 is 14.3 Å². The van der Waals surface area contributed by atoms with E-state index in [1.54, 1.807) is 24.3 Å². The standard InChI is InChI=1S/C18H23NO3/c1-13(2)12-17(20)19-15-10-8-14(9-11-15)18(21)22-16-6-4-3-5-7-16/h8-12,16H,3-7H2,1-2H3,(H,19,20). The van der Waals surface area contributed by atoms with Crippen LogP contribution in [0.3, 0.4) is 0 Å². The first-order valence-corrected chi connectivity index (χ1v) is 7.81. The highest BCUT2D eigenvalue weighted by Gasteiger charge is 2.18. The Labute approximate surface area is 131 Å². The molecule has 4 heteroatoms. The number of hydrogen-bond acceptors (Lipinski definition) is 3. The molecule has 0 saturated heterocycles. The van der Waals surface area contributed by atoms with Gasteiger partial charge in [0.1, 0.15) is 6.10 Å². The smallest absolute Gasteiger partial charge is 0.338 e. The quantitative estimate of drug-likeness (QED) is 0.673. The molecule has 1 aliphatic carbocycles. The normalized spacial score (nSPS) is 15.0. The molecule has 1 fully saturated rings. The highest BCUT2D eigenvalue weighted by atomic mass is 16.5. The number of hydrogen-bond donors (Lipinski definition) is 1. The molecule has 0 atom stereocenters. The molecule has 0 unspecified atom stereocenters. The highest BCUT2D eigenvalue weighted by Crippen LogP contribution is 2.21. The van der Waals surface area contributed by atoms with Crippen LogP contribution in [-0.2, 0) is 9.53 Å². The number of anilines is 1. The molecule has 2 rings (SSSR count). The topological polar surface area (TPSA) is 55.4 Å². The van der Waals surface area contributed by atoms with Gasteiger partial charge in [0.05, 0.1) is 5.56 Å². The Kier molecular flexibility index (Phi) is 5.75. The van der Waals surface area contributed by atoms with Crippen LogP contribution in [0.4, 0.5) is 5.69 Å². The van der Waals surface area contributed by atoms with Crippen LogP contribution in [0, 0.1) is 0 Å². The first kappa shape index (κ1) is 16.3. The lowest BCUT2D eigenvalue weighted by atomic mass is 9.98. The van der Waals surface area contributed by atoms with E-state index in [1.807, 2.05) is 13.8 Å². The first-order chi connectivity index (χ1) is 10.5. The number of rotatable bonds is 4. The van der Waals surface area contributed by atoms with Crippen molar-refractivity contribution >= 4 is 17.6 Å². The third kappa shape index (κ3) is 5.02. The minimum absolute atomic E-state index is 0.0540. The molecule has 0 spiro atoms. The lowest BCUT2D eigenvalue weighted by molar-refractivity contribution is -0.111. The second-order valence-corrected chi connectivity index (χ2v) is 5.95. The van der Waals surface area contributed by atoms with Crippen molar-refractivity contribution in [2.24, 2.45) is 0 Å². The molecule has 22 heavy (non-hydrogen) atoms. The minimum atomic E-state index is -0.283. The lowest BCUT2D eigenvalue weighted by Gasteiger charge is -2.21. The zero-order chi connectivity index (χ0) is 15.9. The maximum Gasteiger partial charge on any atom is 0.338 e. The second-order valence-electron chi connectivity index (χ2n) is 5.95. The van der Waals surface area contributed by atoms with Crippen molar-refractivity contribution in [3.63, 3.8) is 0 Å². The molecule has 4 nitrogen and oxygen atoms in total. The molecule has 1 aliphatic rings. The summed E-state index contributed by atoms with van der Waals surface area (Å²) in [7, 11) is 0. The van der Waals surface area contributed by atoms with E-state index in [1.165, 1.54) is 12.5 Å². The maximum atomic E-state index is 12.1. The van der Waals surface area contributed by atoms with Crippen molar-refractivity contribution in [2.75, 3.05) is 5.32 Å². The SMILES string of the molecule is CC(C)=CC(=O)Nc1ccc(C(=O)OC2CCCCC2)cc1. The number of amides is 1. The predicted octanol–water partition coefficient (Wildman–Crippen LogP) is 4.08. The van der Waals surface area contributed by atoms with Crippen LogP contribution in [0.15, 0.2) is 35.9 Å². The molecule has 1 saturated carbocycles. The average Bonchev–Trinajstić information content (AvgIpc) is 2.48. The molecule has 118 valence electrons. The van der Waals surface area contributed by atoms with Crippen molar-refractivity contribution in [1.82, 2.24) is 0 Å². The Balaban J connectivity index is 1.91. The fourth-order valence-electron chi connectivity index (χ4n) is 2.53. The van der Waals surface area contributed by atoms with E-state index in [-0.39, 0.29) is 18.0 Å². The molecule has 0 heterocycles. The van der Waals surface area contributed by atoms with Crippen molar-refractivity contribution in [3.8, 4) is 0 Å². The fourth-order valence-corrected chi connectivity index (χ4v) is 2.53. The summed E-state index contributed by atoms with van der Waals surface area (Å²) < 4.78 is 5.52. The van der Waals surface area contributed by atoms with Gasteiger partial charge < -0.3 is 10.1 Å². The molecular formula is C18H23NO3. The van der Waals surface area contributed by atoms with E-state index in [9.17, 15) is 9.59 Å². The van der Waals surface area contributed by atoms with Crippen molar-refractivity contribution in [2.45, 2.75) is 52.1 Å². The lowest BCUT2D eigenvalue weighted by Crippen LogP contribution is -2.20. The molecule has 0 bridgehead atoms. The van der Waals surface area contributed by atoms with Gasteiger partial charge in [0.2, 0.25) is 5.91 Å². The minimum Gasteiger partial charge on any atom is -0.459 e. The van der Waals surface area contributed by atoms with E-state index in [2.05, 4.69) is 5.32 Å².